The van der Waals surface area contributed by atoms with Gasteiger partial charge in [0.05, 0.1) is 7.11 Å². The zero-order valence-electron chi connectivity index (χ0n) is 10.1. The Labute approximate surface area is 110 Å². The largest absolute Gasteiger partial charge is 0.497 e. The molecule has 0 aliphatic rings. The Hall–Kier alpha value is -1.70. The van der Waals surface area contributed by atoms with Gasteiger partial charge < -0.3 is 9.84 Å². The first-order valence-corrected chi connectivity index (χ1v) is 5.15. The molecule has 0 radical (unpaired) electrons. The average Bonchev–Trinajstić information content (AvgIpc) is 2.34. The SMILES string of the molecule is C=Cc1cc(OC)cc(C(O)(C(F)(F)F)C(F)(F)F)c1. The fourth-order valence-corrected chi connectivity index (χ4v) is 1.55. The third kappa shape index (κ3) is 2.60. The molecular weight excluding hydrogens is 290 g/mol. The highest BCUT2D eigenvalue weighted by Gasteiger charge is 2.71. The molecule has 0 unspecified atom stereocenters. The summed E-state index contributed by atoms with van der Waals surface area (Å²) < 4.78 is 80.9. The van der Waals surface area contributed by atoms with Crippen molar-refractivity contribution in [3.63, 3.8) is 0 Å². The smallest absolute Gasteiger partial charge is 0.430 e. The van der Waals surface area contributed by atoms with Crippen LogP contribution in [0.5, 0.6) is 5.75 Å². The van der Waals surface area contributed by atoms with Crippen LogP contribution >= 0.6 is 0 Å². The summed E-state index contributed by atoms with van der Waals surface area (Å²) in [6, 6.07) is 2.22. The van der Waals surface area contributed by atoms with E-state index in [1.807, 2.05) is 0 Å². The van der Waals surface area contributed by atoms with Crippen LogP contribution in [0.2, 0.25) is 0 Å². The van der Waals surface area contributed by atoms with Gasteiger partial charge in [-0.2, -0.15) is 26.3 Å². The third-order valence-electron chi connectivity index (χ3n) is 2.64. The molecule has 2 nitrogen and oxygen atoms in total. The van der Waals surface area contributed by atoms with E-state index in [-0.39, 0.29) is 11.3 Å². The van der Waals surface area contributed by atoms with Gasteiger partial charge in [0.1, 0.15) is 5.75 Å². The molecule has 0 fully saturated rings. The number of methoxy groups -OCH3 is 1. The first kappa shape index (κ1) is 16.4. The molecule has 1 aromatic carbocycles. The van der Waals surface area contributed by atoms with Crippen molar-refractivity contribution >= 4 is 6.08 Å². The lowest BCUT2D eigenvalue weighted by atomic mass is 9.90. The first-order chi connectivity index (χ1) is 8.97. The van der Waals surface area contributed by atoms with Crippen molar-refractivity contribution in [3.8, 4) is 5.75 Å². The second-order valence-electron chi connectivity index (χ2n) is 3.90. The standard InChI is InChI=1S/C12H10F6O2/c1-3-7-4-8(6-9(5-7)20-2)10(19,11(13,14)15)12(16,17)18/h3-6,19H,1H2,2H3. The summed E-state index contributed by atoms with van der Waals surface area (Å²) in [5.74, 6) is -0.260. The monoisotopic (exact) mass is 300 g/mol. The van der Waals surface area contributed by atoms with Gasteiger partial charge in [0.25, 0.3) is 5.60 Å². The number of rotatable bonds is 3. The van der Waals surface area contributed by atoms with Crippen LogP contribution in [-0.2, 0) is 5.60 Å². The number of aliphatic hydroxyl groups is 1. The van der Waals surface area contributed by atoms with E-state index in [9.17, 15) is 31.4 Å². The van der Waals surface area contributed by atoms with E-state index in [2.05, 4.69) is 11.3 Å². The van der Waals surface area contributed by atoms with Gasteiger partial charge >= 0.3 is 12.4 Å². The predicted octanol–water partition coefficient (Wildman–Crippen LogP) is 3.65. The van der Waals surface area contributed by atoms with E-state index in [0.717, 1.165) is 13.2 Å². The van der Waals surface area contributed by atoms with E-state index in [1.165, 1.54) is 6.07 Å². The minimum atomic E-state index is -5.93. The zero-order chi connectivity index (χ0) is 15.8. The molecule has 0 aliphatic heterocycles. The van der Waals surface area contributed by atoms with Crippen LogP contribution in [0.1, 0.15) is 11.1 Å². The Kier molecular flexibility index (Phi) is 4.09. The summed E-state index contributed by atoms with van der Waals surface area (Å²) in [7, 11) is 1.08. The normalized spacial score (nSPS) is 13.2. The van der Waals surface area contributed by atoms with E-state index in [0.29, 0.717) is 12.1 Å². The Bertz CT molecular complexity index is 490. The first-order valence-electron chi connectivity index (χ1n) is 5.15. The van der Waals surface area contributed by atoms with Gasteiger partial charge in [0.2, 0.25) is 0 Å². The fraction of sp³-hybridized carbons (Fsp3) is 0.333. The summed E-state index contributed by atoms with van der Waals surface area (Å²) in [4.78, 5) is 0. The van der Waals surface area contributed by atoms with E-state index in [4.69, 9.17) is 0 Å². The number of benzene rings is 1. The molecule has 0 saturated carbocycles. The Morgan fingerprint density at radius 3 is 1.90 bits per heavy atom. The molecule has 0 saturated heterocycles. The van der Waals surface area contributed by atoms with Crippen LogP contribution < -0.4 is 4.74 Å². The van der Waals surface area contributed by atoms with E-state index < -0.39 is 23.5 Å². The van der Waals surface area contributed by atoms with Crippen molar-refractivity contribution in [2.24, 2.45) is 0 Å². The van der Waals surface area contributed by atoms with Gasteiger partial charge in [-0.1, -0.05) is 12.7 Å². The number of halogens is 6. The van der Waals surface area contributed by atoms with Gasteiger partial charge in [0.15, 0.2) is 0 Å². The summed E-state index contributed by atoms with van der Waals surface area (Å²) in [6.45, 7) is 3.25. The van der Waals surface area contributed by atoms with Crippen molar-refractivity contribution in [2.45, 2.75) is 18.0 Å². The maximum atomic E-state index is 12.7. The minimum absolute atomic E-state index is 0.0497. The highest BCUT2D eigenvalue weighted by Crippen LogP contribution is 2.50. The van der Waals surface area contributed by atoms with Crippen molar-refractivity contribution in [1.29, 1.82) is 0 Å². The van der Waals surface area contributed by atoms with Crippen LogP contribution in [-0.4, -0.2) is 24.6 Å². The second kappa shape index (κ2) is 5.01. The lowest BCUT2D eigenvalue weighted by Gasteiger charge is -2.33. The molecule has 0 bridgehead atoms. The van der Waals surface area contributed by atoms with Crippen molar-refractivity contribution < 1.29 is 36.2 Å². The third-order valence-corrected chi connectivity index (χ3v) is 2.64. The molecule has 0 spiro atoms. The average molecular weight is 300 g/mol. The lowest BCUT2D eigenvalue weighted by Crippen LogP contribution is -2.53. The quantitative estimate of drug-likeness (QED) is 0.863. The van der Waals surface area contributed by atoms with Gasteiger partial charge in [0, 0.05) is 5.56 Å². The predicted molar refractivity (Wildman–Crippen MR) is 59.1 cm³/mol. The van der Waals surface area contributed by atoms with Gasteiger partial charge in [-0.05, 0) is 23.8 Å². The summed E-state index contributed by atoms with van der Waals surface area (Å²) in [5.41, 5.74) is -6.41. The van der Waals surface area contributed by atoms with E-state index >= 15 is 0 Å². The summed E-state index contributed by atoms with van der Waals surface area (Å²) in [6.07, 6.45) is -10.8. The molecule has 8 heteroatoms. The molecule has 1 aromatic rings. The summed E-state index contributed by atoms with van der Waals surface area (Å²) in [5, 5.41) is 9.26. The van der Waals surface area contributed by atoms with Gasteiger partial charge in [-0.25, -0.2) is 0 Å². The highest BCUT2D eigenvalue weighted by atomic mass is 19.4. The van der Waals surface area contributed by atoms with Crippen LogP contribution in [0.4, 0.5) is 26.3 Å². The van der Waals surface area contributed by atoms with Crippen molar-refractivity contribution in [1.82, 2.24) is 0 Å². The molecular formula is C12H10F6O2. The molecule has 0 amide bonds. The van der Waals surface area contributed by atoms with Crippen LogP contribution in [0.15, 0.2) is 24.8 Å². The maximum Gasteiger partial charge on any atom is 0.430 e. The highest BCUT2D eigenvalue weighted by molar-refractivity contribution is 5.53. The molecule has 112 valence electrons. The second-order valence-corrected chi connectivity index (χ2v) is 3.90. The molecule has 20 heavy (non-hydrogen) atoms. The van der Waals surface area contributed by atoms with Crippen LogP contribution in [0.25, 0.3) is 6.08 Å². The number of hydrogen-bond donors (Lipinski definition) is 1. The Morgan fingerprint density at radius 2 is 1.55 bits per heavy atom. The van der Waals surface area contributed by atoms with Gasteiger partial charge in [-0.3, -0.25) is 0 Å². The topological polar surface area (TPSA) is 29.5 Å². The Balaban J connectivity index is 3.63. The van der Waals surface area contributed by atoms with Crippen LogP contribution in [0.3, 0.4) is 0 Å². The molecule has 0 aromatic heterocycles. The molecule has 1 rings (SSSR count). The lowest BCUT2D eigenvalue weighted by molar-refractivity contribution is -0.376. The van der Waals surface area contributed by atoms with Gasteiger partial charge in [-0.15, -0.1) is 0 Å². The van der Waals surface area contributed by atoms with Crippen molar-refractivity contribution in [2.75, 3.05) is 7.11 Å². The fourth-order valence-electron chi connectivity index (χ4n) is 1.55. The van der Waals surface area contributed by atoms with Crippen molar-refractivity contribution in [3.05, 3.63) is 35.9 Å². The van der Waals surface area contributed by atoms with E-state index in [1.54, 1.807) is 0 Å². The Morgan fingerprint density at radius 1 is 1.05 bits per heavy atom. The van der Waals surface area contributed by atoms with Crippen LogP contribution in [0, 0.1) is 0 Å². The number of hydrogen-bond acceptors (Lipinski definition) is 2. The molecule has 0 aliphatic carbocycles. The molecule has 1 N–H and O–H groups in total. The molecule has 0 heterocycles. The minimum Gasteiger partial charge on any atom is -0.497 e. The summed E-state index contributed by atoms with van der Waals surface area (Å²) >= 11 is 0. The number of alkyl halides is 6. The number of ether oxygens (including phenoxy) is 1. The molecule has 0 atom stereocenters. The zero-order valence-corrected chi connectivity index (χ0v) is 10.1. The maximum absolute atomic E-state index is 12.7.